The molecule has 0 amide bonds. The fourth-order valence-corrected chi connectivity index (χ4v) is 4.48. The minimum atomic E-state index is -3.33. The molecule has 1 unspecified atom stereocenters. The van der Waals surface area contributed by atoms with Gasteiger partial charge in [0.05, 0.1) is 17.0 Å². The van der Waals surface area contributed by atoms with Gasteiger partial charge in [0.25, 0.3) is 10.2 Å². The van der Waals surface area contributed by atoms with Crippen LogP contribution in [0, 0.1) is 19.8 Å². The Balaban J connectivity index is 1.74. The fourth-order valence-electron chi connectivity index (χ4n) is 3.28. The number of nitrogens with zero attached hydrogens (tertiary/aromatic N) is 4. The average Bonchev–Trinajstić information content (AvgIpc) is 3.15. The van der Waals surface area contributed by atoms with Crippen molar-refractivity contribution in [3.63, 3.8) is 0 Å². The van der Waals surface area contributed by atoms with Crippen molar-refractivity contribution in [2.45, 2.75) is 26.7 Å². The minimum absolute atomic E-state index is 0.280. The van der Waals surface area contributed by atoms with Gasteiger partial charge in [0.2, 0.25) is 0 Å². The largest absolute Gasteiger partial charge is 0.361 e. The van der Waals surface area contributed by atoms with E-state index in [1.807, 2.05) is 32.0 Å². The summed E-state index contributed by atoms with van der Waals surface area (Å²) >= 11 is 0. The molecule has 0 radical (unpaired) electrons. The molecule has 0 aromatic carbocycles. The van der Waals surface area contributed by atoms with Crippen molar-refractivity contribution in [1.82, 2.24) is 18.8 Å². The first-order valence-electron chi connectivity index (χ1n) is 8.36. The molecule has 0 saturated carbocycles. The molecule has 7 nitrogen and oxygen atoms in total. The highest BCUT2D eigenvalue weighted by Crippen LogP contribution is 2.27. The smallest absolute Gasteiger partial charge is 0.281 e. The summed E-state index contributed by atoms with van der Waals surface area (Å²) in [6, 6.07) is 5.92. The Labute approximate surface area is 148 Å². The van der Waals surface area contributed by atoms with Gasteiger partial charge in [0.1, 0.15) is 5.76 Å². The normalized spacial score (nSPS) is 19.0. The quantitative estimate of drug-likeness (QED) is 0.811. The second-order valence-electron chi connectivity index (χ2n) is 6.72. The zero-order chi connectivity index (χ0) is 18.2. The molecule has 0 aliphatic carbocycles. The molecule has 3 heterocycles. The SMILES string of the molecule is Cc1noc(C)c1-c1cccc(CC2CCN(S(=O)(=O)N(C)C)C2)n1. The van der Waals surface area contributed by atoms with E-state index in [0.717, 1.165) is 41.2 Å². The van der Waals surface area contributed by atoms with E-state index in [9.17, 15) is 8.42 Å². The molecule has 1 saturated heterocycles. The van der Waals surface area contributed by atoms with E-state index in [2.05, 4.69) is 5.16 Å². The molecule has 2 aromatic rings. The number of pyridine rings is 1. The first-order valence-corrected chi connectivity index (χ1v) is 9.75. The van der Waals surface area contributed by atoms with Crippen LogP contribution in [0.15, 0.2) is 22.7 Å². The summed E-state index contributed by atoms with van der Waals surface area (Å²) in [6.45, 7) is 4.89. The Morgan fingerprint density at radius 2 is 2.08 bits per heavy atom. The van der Waals surface area contributed by atoms with Crippen LogP contribution in [0.25, 0.3) is 11.3 Å². The lowest BCUT2D eigenvalue weighted by molar-refractivity contribution is 0.393. The molecule has 1 aliphatic rings. The van der Waals surface area contributed by atoms with Crippen molar-refractivity contribution >= 4 is 10.2 Å². The standard InChI is InChI=1S/C17H24N4O3S/c1-12-17(13(2)24-19-12)16-7-5-6-15(18-16)10-14-8-9-21(11-14)25(22,23)20(3)4/h5-7,14H,8-11H2,1-4H3. The molecule has 0 bridgehead atoms. The van der Waals surface area contributed by atoms with Gasteiger partial charge in [-0.25, -0.2) is 0 Å². The van der Waals surface area contributed by atoms with Gasteiger partial charge in [0, 0.05) is 32.9 Å². The van der Waals surface area contributed by atoms with Crippen molar-refractivity contribution in [2.75, 3.05) is 27.2 Å². The van der Waals surface area contributed by atoms with Gasteiger partial charge in [-0.3, -0.25) is 4.98 Å². The lowest BCUT2D eigenvalue weighted by Gasteiger charge is -2.20. The van der Waals surface area contributed by atoms with Crippen molar-refractivity contribution in [2.24, 2.45) is 5.92 Å². The molecule has 1 atom stereocenters. The van der Waals surface area contributed by atoms with Crippen molar-refractivity contribution in [3.8, 4) is 11.3 Å². The topological polar surface area (TPSA) is 79.5 Å². The Hall–Kier alpha value is -1.77. The maximum atomic E-state index is 12.2. The predicted molar refractivity (Wildman–Crippen MR) is 95.2 cm³/mol. The van der Waals surface area contributed by atoms with Crippen LogP contribution in [0.5, 0.6) is 0 Å². The lowest BCUT2D eigenvalue weighted by atomic mass is 10.0. The summed E-state index contributed by atoms with van der Waals surface area (Å²) in [7, 11) is -0.198. The minimum Gasteiger partial charge on any atom is -0.361 e. The second-order valence-corrected chi connectivity index (χ2v) is 8.86. The van der Waals surface area contributed by atoms with Crippen LogP contribution in [0.4, 0.5) is 0 Å². The van der Waals surface area contributed by atoms with E-state index >= 15 is 0 Å². The Morgan fingerprint density at radius 3 is 2.72 bits per heavy atom. The van der Waals surface area contributed by atoms with Gasteiger partial charge in [-0.15, -0.1) is 0 Å². The summed E-state index contributed by atoms with van der Waals surface area (Å²) in [5.41, 5.74) is 3.58. The molecule has 3 rings (SSSR count). The first kappa shape index (κ1) is 18.0. The second kappa shape index (κ2) is 6.86. The third-order valence-corrected chi connectivity index (χ3v) is 6.54. The molecular formula is C17H24N4O3S. The number of hydrogen-bond donors (Lipinski definition) is 0. The van der Waals surface area contributed by atoms with Crippen LogP contribution >= 0.6 is 0 Å². The Morgan fingerprint density at radius 1 is 1.32 bits per heavy atom. The van der Waals surface area contributed by atoms with Crippen LogP contribution in [0.2, 0.25) is 0 Å². The highest BCUT2D eigenvalue weighted by atomic mass is 32.2. The van der Waals surface area contributed by atoms with Crippen molar-refractivity contribution in [3.05, 3.63) is 35.3 Å². The zero-order valence-electron chi connectivity index (χ0n) is 15.1. The Bertz CT molecular complexity index is 841. The van der Waals surface area contributed by atoms with Crippen LogP contribution in [0.3, 0.4) is 0 Å². The third-order valence-electron chi connectivity index (χ3n) is 4.63. The molecule has 0 spiro atoms. The summed E-state index contributed by atoms with van der Waals surface area (Å²) in [5.74, 6) is 1.04. The molecule has 1 fully saturated rings. The van der Waals surface area contributed by atoms with Crippen molar-refractivity contribution in [1.29, 1.82) is 0 Å². The number of hydrogen-bond acceptors (Lipinski definition) is 5. The van der Waals surface area contributed by atoms with Crippen LogP contribution in [-0.2, 0) is 16.6 Å². The average molecular weight is 364 g/mol. The highest BCUT2D eigenvalue weighted by Gasteiger charge is 2.32. The van der Waals surface area contributed by atoms with E-state index in [1.165, 1.54) is 4.31 Å². The fraction of sp³-hybridized carbons (Fsp3) is 0.529. The zero-order valence-corrected chi connectivity index (χ0v) is 15.9. The molecule has 1 aliphatic heterocycles. The number of aromatic nitrogens is 2. The van der Waals surface area contributed by atoms with Crippen LogP contribution < -0.4 is 0 Å². The molecule has 0 N–H and O–H groups in total. The molecule has 8 heteroatoms. The molecule has 25 heavy (non-hydrogen) atoms. The number of aryl methyl sites for hydroxylation is 2. The van der Waals surface area contributed by atoms with Gasteiger partial charge in [-0.1, -0.05) is 11.2 Å². The third kappa shape index (κ3) is 3.61. The summed E-state index contributed by atoms with van der Waals surface area (Å²) in [6.07, 6.45) is 1.61. The monoisotopic (exact) mass is 364 g/mol. The van der Waals surface area contributed by atoms with Gasteiger partial charge in [-0.2, -0.15) is 17.0 Å². The predicted octanol–water partition coefficient (Wildman–Crippen LogP) is 2.02. The lowest BCUT2D eigenvalue weighted by Crippen LogP contribution is -2.38. The Kier molecular flexibility index (Phi) is 4.95. The number of rotatable bonds is 5. The highest BCUT2D eigenvalue weighted by molar-refractivity contribution is 7.86. The van der Waals surface area contributed by atoms with Crippen molar-refractivity contribution < 1.29 is 12.9 Å². The van der Waals surface area contributed by atoms with Gasteiger partial charge >= 0.3 is 0 Å². The van der Waals surface area contributed by atoms with Crippen LogP contribution in [-0.4, -0.2) is 54.4 Å². The summed E-state index contributed by atoms with van der Waals surface area (Å²) in [5, 5.41) is 3.99. The summed E-state index contributed by atoms with van der Waals surface area (Å²) in [4.78, 5) is 4.74. The van der Waals surface area contributed by atoms with Gasteiger partial charge in [-0.05, 0) is 44.7 Å². The van der Waals surface area contributed by atoms with Crippen LogP contribution in [0.1, 0.15) is 23.6 Å². The first-order chi connectivity index (χ1) is 11.8. The van der Waals surface area contributed by atoms with Gasteiger partial charge in [0.15, 0.2) is 0 Å². The molecular weight excluding hydrogens is 340 g/mol. The summed E-state index contributed by atoms with van der Waals surface area (Å²) < 4.78 is 32.5. The van der Waals surface area contributed by atoms with Gasteiger partial charge < -0.3 is 4.52 Å². The maximum absolute atomic E-state index is 12.2. The van der Waals surface area contributed by atoms with E-state index in [4.69, 9.17) is 9.51 Å². The molecule has 2 aromatic heterocycles. The van der Waals surface area contributed by atoms with E-state index < -0.39 is 10.2 Å². The van der Waals surface area contributed by atoms with E-state index in [0.29, 0.717) is 13.1 Å². The maximum Gasteiger partial charge on any atom is 0.281 e. The van der Waals surface area contributed by atoms with E-state index in [-0.39, 0.29) is 5.92 Å². The molecule has 136 valence electrons. The van der Waals surface area contributed by atoms with E-state index in [1.54, 1.807) is 18.4 Å².